The van der Waals surface area contributed by atoms with Crippen molar-refractivity contribution in [3.63, 3.8) is 0 Å². The molecule has 1 aromatic heterocycles. The Labute approximate surface area is 195 Å². The lowest BCUT2D eigenvalue weighted by Gasteiger charge is -2.15. The van der Waals surface area contributed by atoms with Crippen LogP contribution in [0.1, 0.15) is 33.4 Å². The van der Waals surface area contributed by atoms with Crippen LogP contribution >= 0.6 is 0 Å². The average molecular weight is 456 g/mol. The van der Waals surface area contributed by atoms with E-state index in [-0.39, 0.29) is 11.4 Å². The van der Waals surface area contributed by atoms with Crippen molar-refractivity contribution in [1.29, 1.82) is 0 Å². The van der Waals surface area contributed by atoms with E-state index in [2.05, 4.69) is 15.3 Å². The molecule has 8 heteroatoms. The third kappa shape index (κ3) is 4.65. The van der Waals surface area contributed by atoms with E-state index in [9.17, 15) is 14.3 Å². The molecule has 4 rings (SSSR count). The van der Waals surface area contributed by atoms with Gasteiger partial charge in [-0.25, -0.2) is 13.9 Å². The molecule has 0 aliphatic carbocycles. The number of aryl methyl sites for hydroxylation is 1. The molecular weight excluding hydrogens is 435 g/mol. The first-order valence-corrected chi connectivity index (χ1v) is 10.4. The first-order valence-electron chi connectivity index (χ1n) is 10.4. The van der Waals surface area contributed by atoms with E-state index in [1.165, 1.54) is 22.9 Å². The molecule has 7 nitrogen and oxygen atoms in total. The molecule has 0 saturated heterocycles. The highest BCUT2D eigenvalue weighted by molar-refractivity contribution is 6.03. The number of hydrogen-bond acceptors (Lipinski definition) is 4. The predicted molar refractivity (Wildman–Crippen MR) is 126 cm³/mol. The number of methoxy groups -OCH3 is 1. The Morgan fingerprint density at radius 1 is 1.12 bits per heavy atom. The molecule has 3 aromatic carbocycles. The van der Waals surface area contributed by atoms with Crippen molar-refractivity contribution in [2.24, 2.45) is 0 Å². The van der Waals surface area contributed by atoms with Crippen molar-refractivity contribution in [3.05, 3.63) is 113 Å². The standard InChI is InChI=1S/C26H21FN4O3/c1-16-13-24(31(30-16)20-6-4-5-19(15-20)28-2)26(33)29-23-14-18(9-12-22(23)27)25(32)17-7-10-21(34-3)11-8-17/h4-15,25,32H,1,3H3,(H,29,33). The number of rotatable bonds is 6. The monoisotopic (exact) mass is 456 g/mol. The van der Waals surface area contributed by atoms with E-state index in [4.69, 9.17) is 11.3 Å². The zero-order chi connectivity index (χ0) is 24.2. The number of amides is 1. The third-order valence-corrected chi connectivity index (χ3v) is 5.25. The molecule has 2 N–H and O–H groups in total. The molecule has 0 radical (unpaired) electrons. The van der Waals surface area contributed by atoms with Gasteiger partial charge in [0.15, 0.2) is 5.69 Å². The van der Waals surface area contributed by atoms with Crippen molar-refractivity contribution in [2.45, 2.75) is 13.0 Å². The van der Waals surface area contributed by atoms with Crippen LogP contribution in [0.3, 0.4) is 0 Å². The summed E-state index contributed by atoms with van der Waals surface area (Å²) >= 11 is 0. The molecule has 170 valence electrons. The number of carbonyl (C=O) groups excluding carboxylic acids is 1. The molecule has 0 aliphatic rings. The summed E-state index contributed by atoms with van der Waals surface area (Å²) in [6.45, 7) is 8.94. The number of carbonyl (C=O) groups is 1. The molecule has 0 fully saturated rings. The molecule has 1 atom stereocenters. The number of hydrogen-bond donors (Lipinski definition) is 2. The molecule has 0 spiro atoms. The zero-order valence-electron chi connectivity index (χ0n) is 18.5. The second kappa shape index (κ2) is 9.57. The molecule has 0 saturated carbocycles. The highest BCUT2D eigenvalue weighted by Gasteiger charge is 2.19. The molecule has 4 aromatic rings. The molecule has 1 unspecified atom stereocenters. The number of anilines is 1. The van der Waals surface area contributed by atoms with Crippen LogP contribution in [0.2, 0.25) is 0 Å². The van der Waals surface area contributed by atoms with Crippen molar-refractivity contribution in [2.75, 3.05) is 12.4 Å². The van der Waals surface area contributed by atoms with Crippen LogP contribution in [0.5, 0.6) is 5.75 Å². The minimum atomic E-state index is -1.02. The Bertz CT molecular complexity index is 1390. The van der Waals surface area contributed by atoms with Crippen LogP contribution in [0, 0.1) is 19.3 Å². The molecule has 0 bridgehead atoms. The van der Waals surface area contributed by atoms with Crippen molar-refractivity contribution in [3.8, 4) is 11.4 Å². The first kappa shape index (κ1) is 22.7. The minimum Gasteiger partial charge on any atom is -0.497 e. The van der Waals surface area contributed by atoms with Gasteiger partial charge in [-0.1, -0.05) is 30.3 Å². The van der Waals surface area contributed by atoms with E-state index < -0.39 is 17.8 Å². The molecule has 1 amide bonds. The third-order valence-electron chi connectivity index (χ3n) is 5.25. The second-order valence-corrected chi connectivity index (χ2v) is 7.58. The Kier molecular flexibility index (Phi) is 6.39. The summed E-state index contributed by atoms with van der Waals surface area (Å²) in [5.41, 5.74) is 2.64. The Balaban J connectivity index is 1.62. The molecule has 0 aliphatic heterocycles. The fraction of sp³-hybridized carbons (Fsp3) is 0.115. The predicted octanol–water partition coefficient (Wildman–Crippen LogP) is 5.21. The number of benzene rings is 3. The van der Waals surface area contributed by atoms with Gasteiger partial charge in [-0.2, -0.15) is 5.10 Å². The average Bonchev–Trinajstić information content (AvgIpc) is 3.27. The number of aliphatic hydroxyl groups excluding tert-OH is 1. The summed E-state index contributed by atoms with van der Waals surface area (Å²) in [5.74, 6) is -0.572. The van der Waals surface area contributed by atoms with Gasteiger partial charge < -0.3 is 15.2 Å². The van der Waals surface area contributed by atoms with E-state index in [0.717, 1.165) is 0 Å². The normalized spacial score (nSPS) is 11.5. The van der Waals surface area contributed by atoms with E-state index >= 15 is 0 Å². The SMILES string of the molecule is [C-]#[N+]c1cccc(-n2nc(C)cc2C(=O)Nc2cc(C(O)c3ccc(OC)cc3)ccc2F)c1. The second-order valence-electron chi connectivity index (χ2n) is 7.58. The Hall–Kier alpha value is -4.48. The zero-order valence-corrected chi connectivity index (χ0v) is 18.5. The number of nitrogens with one attached hydrogen (secondary N) is 1. The Morgan fingerprint density at radius 2 is 1.85 bits per heavy atom. The van der Waals surface area contributed by atoms with E-state index in [1.807, 2.05) is 0 Å². The van der Waals surface area contributed by atoms with Crippen LogP contribution in [0.25, 0.3) is 10.5 Å². The Morgan fingerprint density at radius 3 is 2.56 bits per heavy atom. The van der Waals surface area contributed by atoms with Gasteiger partial charge in [0.1, 0.15) is 23.4 Å². The maximum Gasteiger partial charge on any atom is 0.274 e. The van der Waals surface area contributed by atoms with Gasteiger partial charge in [0.05, 0.1) is 30.8 Å². The molecular formula is C26H21FN4O3. The summed E-state index contributed by atoms with van der Waals surface area (Å²) in [4.78, 5) is 16.5. The van der Waals surface area contributed by atoms with Gasteiger partial charge in [-0.05, 0) is 60.5 Å². The van der Waals surface area contributed by atoms with Crippen LogP contribution < -0.4 is 10.1 Å². The van der Waals surface area contributed by atoms with Gasteiger partial charge in [0.2, 0.25) is 0 Å². The van der Waals surface area contributed by atoms with Gasteiger partial charge in [0.25, 0.3) is 5.91 Å². The van der Waals surface area contributed by atoms with Crippen molar-refractivity contribution >= 4 is 17.3 Å². The fourth-order valence-corrected chi connectivity index (χ4v) is 3.53. The fourth-order valence-electron chi connectivity index (χ4n) is 3.53. The largest absolute Gasteiger partial charge is 0.497 e. The quantitative estimate of drug-likeness (QED) is 0.390. The highest BCUT2D eigenvalue weighted by atomic mass is 19.1. The van der Waals surface area contributed by atoms with Crippen LogP contribution in [-0.4, -0.2) is 27.9 Å². The molecule has 1 heterocycles. The van der Waals surface area contributed by atoms with E-state index in [0.29, 0.717) is 33.9 Å². The topological polar surface area (TPSA) is 80.7 Å². The summed E-state index contributed by atoms with van der Waals surface area (Å²) in [5, 5.41) is 17.7. The minimum absolute atomic E-state index is 0.0737. The van der Waals surface area contributed by atoms with Gasteiger partial charge in [-0.3, -0.25) is 4.79 Å². The van der Waals surface area contributed by atoms with Gasteiger partial charge in [0, 0.05) is 0 Å². The number of aliphatic hydroxyl groups is 1. The number of nitrogens with zero attached hydrogens (tertiary/aromatic N) is 3. The number of halogens is 1. The lowest BCUT2D eigenvalue weighted by Crippen LogP contribution is -2.18. The maximum atomic E-state index is 14.6. The van der Waals surface area contributed by atoms with Crippen LogP contribution in [0.4, 0.5) is 15.8 Å². The lowest BCUT2D eigenvalue weighted by molar-refractivity contribution is 0.101. The van der Waals surface area contributed by atoms with Gasteiger partial charge in [-0.15, -0.1) is 0 Å². The summed E-state index contributed by atoms with van der Waals surface area (Å²) < 4.78 is 21.1. The van der Waals surface area contributed by atoms with Gasteiger partial charge >= 0.3 is 0 Å². The summed E-state index contributed by atoms with van der Waals surface area (Å²) in [7, 11) is 1.55. The van der Waals surface area contributed by atoms with E-state index in [1.54, 1.807) is 68.6 Å². The highest BCUT2D eigenvalue weighted by Crippen LogP contribution is 2.28. The smallest absolute Gasteiger partial charge is 0.274 e. The first-order chi connectivity index (χ1) is 16.4. The number of aromatic nitrogens is 2. The lowest BCUT2D eigenvalue weighted by atomic mass is 10.0. The van der Waals surface area contributed by atoms with Crippen LogP contribution in [0.15, 0.2) is 72.8 Å². The summed E-state index contributed by atoms with van der Waals surface area (Å²) in [6.07, 6.45) is -1.02. The van der Waals surface area contributed by atoms with Crippen LogP contribution in [-0.2, 0) is 0 Å². The van der Waals surface area contributed by atoms with Crippen molar-refractivity contribution < 1.29 is 19.0 Å². The number of ether oxygens (including phenoxy) is 1. The summed E-state index contributed by atoms with van der Waals surface area (Å²) in [6, 6.07) is 19.2. The van der Waals surface area contributed by atoms with Crippen molar-refractivity contribution in [1.82, 2.24) is 9.78 Å². The maximum absolute atomic E-state index is 14.6. The molecule has 34 heavy (non-hydrogen) atoms.